The molecule has 0 spiro atoms. The van der Waals surface area contributed by atoms with Crippen LogP contribution in [0, 0.1) is 13.8 Å². The Labute approximate surface area is 96.6 Å². The quantitative estimate of drug-likeness (QED) is 0.770. The number of hydrogen-bond donors (Lipinski definition) is 1. The van der Waals surface area contributed by atoms with Crippen LogP contribution in [0.15, 0.2) is 18.2 Å². The van der Waals surface area contributed by atoms with Crippen LogP contribution in [0.2, 0.25) is 0 Å². The average molecular weight is 221 g/mol. The summed E-state index contributed by atoms with van der Waals surface area (Å²) < 4.78 is 5.04. The Morgan fingerprint density at radius 2 is 2.06 bits per heavy atom. The lowest BCUT2D eigenvalue weighted by molar-refractivity contribution is -0.143. The second-order valence-corrected chi connectivity index (χ2v) is 3.93. The summed E-state index contributed by atoms with van der Waals surface area (Å²) in [7, 11) is 0. The Balaban J connectivity index is 2.37. The predicted octanol–water partition coefficient (Wildman–Crippen LogP) is 1.74. The van der Waals surface area contributed by atoms with E-state index in [0.29, 0.717) is 19.6 Å². The van der Waals surface area contributed by atoms with Crippen LogP contribution in [0.5, 0.6) is 0 Å². The first-order valence-electron chi connectivity index (χ1n) is 5.55. The molecule has 0 aromatic heterocycles. The van der Waals surface area contributed by atoms with E-state index >= 15 is 0 Å². The number of hydrogen-bond acceptors (Lipinski definition) is 3. The fourth-order valence-electron chi connectivity index (χ4n) is 1.43. The van der Waals surface area contributed by atoms with E-state index in [0.717, 1.165) is 6.42 Å². The zero-order chi connectivity index (χ0) is 12.0. The van der Waals surface area contributed by atoms with E-state index in [-0.39, 0.29) is 5.97 Å². The van der Waals surface area contributed by atoms with E-state index in [1.54, 1.807) is 0 Å². The fourth-order valence-corrected chi connectivity index (χ4v) is 1.43. The second-order valence-electron chi connectivity index (χ2n) is 3.93. The molecule has 0 aliphatic carbocycles. The summed E-state index contributed by atoms with van der Waals surface area (Å²) in [5, 5.41) is 0. The van der Waals surface area contributed by atoms with Crippen LogP contribution in [0.3, 0.4) is 0 Å². The summed E-state index contributed by atoms with van der Waals surface area (Å²) >= 11 is 0. The van der Waals surface area contributed by atoms with Gasteiger partial charge in [0.1, 0.15) is 0 Å². The minimum atomic E-state index is -0.216. The Kier molecular flexibility index (Phi) is 4.99. The third-order valence-electron chi connectivity index (χ3n) is 2.57. The SMILES string of the molecule is Cc1ccc(CCOC(=O)CCN)cc1C. The third-order valence-corrected chi connectivity index (χ3v) is 2.57. The van der Waals surface area contributed by atoms with Crippen LogP contribution < -0.4 is 5.73 Å². The molecule has 0 unspecified atom stereocenters. The topological polar surface area (TPSA) is 52.3 Å². The first-order valence-corrected chi connectivity index (χ1v) is 5.55. The van der Waals surface area contributed by atoms with Gasteiger partial charge in [-0.25, -0.2) is 0 Å². The fraction of sp³-hybridized carbons (Fsp3) is 0.462. The maximum absolute atomic E-state index is 11.1. The molecule has 0 heterocycles. The van der Waals surface area contributed by atoms with Gasteiger partial charge in [0.05, 0.1) is 13.0 Å². The molecule has 0 radical (unpaired) electrons. The zero-order valence-electron chi connectivity index (χ0n) is 9.95. The molecule has 16 heavy (non-hydrogen) atoms. The van der Waals surface area contributed by atoms with Crippen molar-refractivity contribution in [3.8, 4) is 0 Å². The van der Waals surface area contributed by atoms with Crippen molar-refractivity contribution < 1.29 is 9.53 Å². The van der Waals surface area contributed by atoms with Gasteiger partial charge in [0.2, 0.25) is 0 Å². The van der Waals surface area contributed by atoms with Gasteiger partial charge >= 0.3 is 5.97 Å². The molecular formula is C13H19NO2. The number of benzene rings is 1. The predicted molar refractivity (Wildman–Crippen MR) is 64.3 cm³/mol. The van der Waals surface area contributed by atoms with E-state index in [9.17, 15) is 4.79 Å². The van der Waals surface area contributed by atoms with Gasteiger partial charge in [-0.3, -0.25) is 4.79 Å². The van der Waals surface area contributed by atoms with E-state index in [1.807, 2.05) is 0 Å². The van der Waals surface area contributed by atoms with Crippen molar-refractivity contribution in [3.63, 3.8) is 0 Å². The highest BCUT2D eigenvalue weighted by atomic mass is 16.5. The number of nitrogens with two attached hydrogens (primary N) is 1. The van der Waals surface area contributed by atoms with Crippen LogP contribution in [0.4, 0.5) is 0 Å². The van der Waals surface area contributed by atoms with Gasteiger partial charge < -0.3 is 10.5 Å². The molecule has 0 atom stereocenters. The first kappa shape index (κ1) is 12.7. The Morgan fingerprint density at radius 1 is 1.31 bits per heavy atom. The number of carbonyl (C=O) groups is 1. The van der Waals surface area contributed by atoms with Crippen molar-refractivity contribution in [1.82, 2.24) is 0 Å². The molecule has 88 valence electrons. The van der Waals surface area contributed by atoms with Gasteiger partial charge in [-0.15, -0.1) is 0 Å². The van der Waals surface area contributed by atoms with E-state index in [1.165, 1.54) is 16.7 Å². The maximum Gasteiger partial charge on any atom is 0.307 e. The van der Waals surface area contributed by atoms with Crippen molar-refractivity contribution in [2.75, 3.05) is 13.2 Å². The second kappa shape index (κ2) is 6.28. The summed E-state index contributed by atoms with van der Waals surface area (Å²) in [4.78, 5) is 11.1. The standard InChI is InChI=1S/C13H19NO2/c1-10-3-4-12(9-11(10)2)6-8-16-13(15)5-7-14/h3-4,9H,5-8,14H2,1-2H3. The molecular weight excluding hydrogens is 202 g/mol. The van der Waals surface area contributed by atoms with Crippen LogP contribution in [-0.2, 0) is 16.0 Å². The van der Waals surface area contributed by atoms with E-state index < -0.39 is 0 Å². The lowest BCUT2D eigenvalue weighted by Gasteiger charge is -2.06. The smallest absolute Gasteiger partial charge is 0.307 e. The number of rotatable bonds is 5. The molecule has 0 aliphatic heterocycles. The molecule has 2 N–H and O–H groups in total. The normalized spacial score (nSPS) is 10.2. The molecule has 0 saturated carbocycles. The molecule has 1 aromatic carbocycles. The lowest BCUT2D eigenvalue weighted by atomic mass is 10.0. The number of esters is 1. The highest BCUT2D eigenvalue weighted by molar-refractivity contribution is 5.69. The minimum Gasteiger partial charge on any atom is -0.465 e. The van der Waals surface area contributed by atoms with Crippen molar-refractivity contribution in [2.45, 2.75) is 26.7 Å². The molecule has 1 rings (SSSR count). The molecule has 3 heteroatoms. The number of aryl methyl sites for hydroxylation is 2. The van der Waals surface area contributed by atoms with Gasteiger partial charge in [-0.2, -0.15) is 0 Å². The van der Waals surface area contributed by atoms with Crippen LogP contribution >= 0.6 is 0 Å². The van der Waals surface area contributed by atoms with E-state index in [4.69, 9.17) is 10.5 Å². The zero-order valence-corrected chi connectivity index (χ0v) is 9.95. The summed E-state index contributed by atoms with van der Waals surface area (Å²) in [5.41, 5.74) is 9.00. The third kappa shape index (κ3) is 4.03. The largest absolute Gasteiger partial charge is 0.465 e. The molecule has 0 amide bonds. The molecule has 3 nitrogen and oxygen atoms in total. The molecule has 0 fully saturated rings. The van der Waals surface area contributed by atoms with Gasteiger partial charge in [-0.05, 0) is 30.5 Å². The maximum atomic E-state index is 11.1. The van der Waals surface area contributed by atoms with Crippen LogP contribution in [0.1, 0.15) is 23.1 Å². The number of carbonyl (C=O) groups excluding carboxylic acids is 1. The average Bonchev–Trinajstić information content (AvgIpc) is 2.24. The molecule has 0 aliphatic rings. The highest BCUT2D eigenvalue weighted by Gasteiger charge is 2.01. The highest BCUT2D eigenvalue weighted by Crippen LogP contribution is 2.10. The van der Waals surface area contributed by atoms with Gasteiger partial charge in [0.25, 0.3) is 0 Å². The Morgan fingerprint density at radius 3 is 2.69 bits per heavy atom. The number of ether oxygens (including phenoxy) is 1. The molecule has 0 saturated heterocycles. The molecule has 0 bridgehead atoms. The van der Waals surface area contributed by atoms with Crippen molar-refractivity contribution >= 4 is 5.97 Å². The van der Waals surface area contributed by atoms with E-state index in [2.05, 4.69) is 32.0 Å². The molecule has 1 aromatic rings. The van der Waals surface area contributed by atoms with Crippen molar-refractivity contribution in [1.29, 1.82) is 0 Å². The summed E-state index contributed by atoms with van der Waals surface area (Å²) in [6.07, 6.45) is 1.06. The van der Waals surface area contributed by atoms with Gasteiger partial charge in [0.15, 0.2) is 0 Å². The van der Waals surface area contributed by atoms with Gasteiger partial charge in [0, 0.05) is 13.0 Å². The van der Waals surface area contributed by atoms with Gasteiger partial charge in [-0.1, -0.05) is 18.2 Å². The van der Waals surface area contributed by atoms with Crippen LogP contribution in [-0.4, -0.2) is 19.1 Å². The van der Waals surface area contributed by atoms with Crippen LogP contribution in [0.25, 0.3) is 0 Å². The Bertz CT molecular complexity index is 361. The summed E-state index contributed by atoms with van der Waals surface area (Å²) in [5.74, 6) is -0.216. The monoisotopic (exact) mass is 221 g/mol. The van der Waals surface area contributed by atoms with Crippen molar-refractivity contribution in [3.05, 3.63) is 34.9 Å². The summed E-state index contributed by atoms with van der Waals surface area (Å²) in [6, 6.07) is 6.29. The van der Waals surface area contributed by atoms with Crippen molar-refractivity contribution in [2.24, 2.45) is 5.73 Å². The first-order chi connectivity index (χ1) is 7.63. The minimum absolute atomic E-state index is 0.216. The Hall–Kier alpha value is -1.35. The lowest BCUT2D eigenvalue weighted by Crippen LogP contribution is -2.12. The summed E-state index contributed by atoms with van der Waals surface area (Å²) in [6.45, 7) is 4.95.